The Hall–Kier alpha value is -2.01. The predicted molar refractivity (Wildman–Crippen MR) is 100 cm³/mol. The van der Waals surface area contributed by atoms with E-state index in [4.69, 9.17) is 0 Å². The molecule has 1 saturated heterocycles. The number of nitrogens with zero attached hydrogens (tertiary/aromatic N) is 2. The minimum Gasteiger partial charge on any atom is -0.371 e. The lowest BCUT2D eigenvalue weighted by molar-refractivity contribution is -0.385. The Morgan fingerprint density at radius 1 is 1.08 bits per heavy atom. The van der Waals surface area contributed by atoms with Crippen molar-refractivity contribution in [3.8, 4) is 0 Å². The SMILES string of the molecule is O=[N+]([O-])c1cc(SCCCc2ccccc2)cc(N2CCCC2)c1. The summed E-state index contributed by atoms with van der Waals surface area (Å²) in [5, 5.41) is 11.2. The minimum atomic E-state index is -0.284. The van der Waals surface area contributed by atoms with Gasteiger partial charge in [-0.2, -0.15) is 0 Å². The van der Waals surface area contributed by atoms with Gasteiger partial charge in [-0.1, -0.05) is 30.3 Å². The van der Waals surface area contributed by atoms with Crippen molar-refractivity contribution in [1.82, 2.24) is 0 Å². The van der Waals surface area contributed by atoms with E-state index in [0.29, 0.717) is 0 Å². The lowest BCUT2D eigenvalue weighted by Crippen LogP contribution is -2.17. The number of hydrogen-bond donors (Lipinski definition) is 0. The highest BCUT2D eigenvalue weighted by atomic mass is 32.2. The number of nitro benzene ring substituents is 1. The lowest BCUT2D eigenvalue weighted by atomic mass is 10.1. The molecule has 5 heteroatoms. The Labute approximate surface area is 147 Å². The molecule has 1 heterocycles. The van der Waals surface area contributed by atoms with Gasteiger partial charge in [-0.05, 0) is 43.1 Å². The highest BCUT2D eigenvalue weighted by Crippen LogP contribution is 2.32. The summed E-state index contributed by atoms with van der Waals surface area (Å²) in [5.41, 5.74) is 2.53. The molecule has 0 aliphatic carbocycles. The summed E-state index contributed by atoms with van der Waals surface area (Å²) in [4.78, 5) is 14.2. The molecule has 4 nitrogen and oxygen atoms in total. The Kier molecular flexibility index (Phi) is 5.75. The van der Waals surface area contributed by atoms with E-state index in [2.05, 4.69) is 35.2 Å². The van der Waals surface area contributed by atoms with E-state index in [1.165, 1.54) is 18.4 Å². The van der Waals surface area contributed by atoms with Gasteiger partial charge in [0.05, 0.1) is 4.92 Å². The number of benzene rings is 2. The van der Waals surface area contributed by atoms with Gasteiger partial charge >= 0.3 is 0 Å². The van der Waals surface area contributed by atoms with E-state index in [1.807, 2.05) is 6.07 Å². The summed E-state index contributed by atoms with van der Waals surface area (Å²) in [7, 11) is 0. The summed E-state index contributed by atoms with van der Waals surface area (Å²) in [6.07, 6.45) is 4.45. The number of hydrogen-bond acceptors (Lipinski definition) is 4. The molecule has 0 unspecified atom stereocenters. The third-order valence-corrected chi connectivity index (χ3v) is 5.34. The smallest absolute Gasteiger partial charge is 0.272 e. The quantitative estimate of drug-likeness (QED) is 0.310. The van der Waals surface area contributed by atoms with Crippen molar-refractivity contribution in [2.75, 3.05) is 23.7 Å². The molecule has 0 amide bonds. The van der Waals surface area contributed by atoms with Crippen molar-refractivity contribution in [3.63, 3.8) is 0 Å². The minimum absolute atomic E-state index is 0.199. The van der Waals surface area contributed by atoms with Crippen LogP contribution in [0.25, 0.3) is 0 Å². The number of thioether (sulfide) groups is 1. The van der Waals surface area contributed by atoms with E-state index >= 15 is 0 Å². The molecule has 24 heavy (non-hydrogen) atoms. The molecule has 1 fully saturated rings. The molecule has 0 N–H and O–H groups in total. The Balaban J connectivity index is 1.62. The van der Waals surface area contributed by atoms with Crippen LogP contribution in [0.1, 0.15) is 24.8 Å². The summed E-state index contributed by atoms with van der Waals surface area (Å²) < 4.78 is 0. The normalized spacial score (nSPS) is 14.1. The largest absolute Gasteiger partial charge is 0.371 e. The van der Waals surface area contributed by atoms with Crippen LogP contribution in [0, 0.1) is 10.1 Å². The van der Waals surface area contributed by atoms with Crippen LogP contribution in [0.2, 0.25) is 0 Å². The summed E-state index contributed by atoms with van der Waals surface area (Å²) >= 11 is 1.71. The molecule has 0 spiro atoms. The van der Waals surface area contributed by atoms with Gasteiger partial charge in [-0.15, -0.1) is 11.8 Å². The van der Waals surface area contributed by atoms with Crippen molar-refractivity contribution in [2.45, 2.75) is 30.6 Å². The third-order valence-electron chi connectivity index (χ3n) is 4.28. The van der Waals surface area contributed by atoms with E-state index in [0.717, 1.165) is 42.3 Å². The molecule has 0 aromatic heterocycles. The first-order chi connectivity index (χ1) is 11.7. The van der Waals surface area contributed by atoms with E-state index in [-0.39, 0.29) is 10.6 Å². The fourth-order valence-electron chi connectivity index (χ4n) is 3.03. The average Bonchev–Trinajstić information content (AvgIpc) is 3.14. The van der Waals surface area contributed by atoms with Crippen molar-refractivity contribution in [1.29, 1.82) is 0 Å². The zero-order valence-corrected chi connectivity index (χ0v) is 14.5. The van der Waals surface area contributed by atoms with Crippen LogP contribution in [0.3, 0.4) is 0 Å². The maximum Gasteiger partial charge on any atom is 0.272 e. The molecule has 0 atom stereocenters. The first kappa shape index (κ1) is 16.8. The Morgan fingerprint density at radius 3 is 2.54 bits per heavy atom. The molecule has 2 aromatic carbocycles. The van der Waals surface area contributed by atoms with Gasteiger partial charge in [0.1, 0.15) is 0 Å². The van der Waals surface area contributed by atoms with Crippen LogP contribution in [0.5, 0.6) is 0 Å². The van der Waals surface area contributed by atoms with Crippen LogP contribution < -0.4 is 4.90 Å². The number of rotatable bonds is 7. The number of non-ortho nitro benzene ring substituents is 1. The van der Waals surface area contributed by atoms with Crippen LogP contribution in [0.4, 0.5) is 11.4 Å². The van der Waals surface area contributed by atoms with E-state index < -0.39 is 0 Å². The summed E-state index contributed by atoms with van der Waals surface area (Å²) in [6.45, 7) is 2.00. The van der Waals surface area contributed by atoms with Gasteiger partial charge in [0.15, 0.2) is 0 Å². The Bertz CT molecular complexity index is 685. The monoisotopic (exact) mass is 342 g/mol. The number of aryl methyl sites for hydroxylation is 1. The Morgan fingerprint density at radius 2 is 1.83 bits per heavy atom. The fraction of sp³-hybridized carbons (Fsp3) is 0.368. The highest BCUT2D eigenvalue weighted by Gasteiger charge is 2.17. The second kappa shape index (κ2) is 8.20. The standard InChI is InChI=1S/C19H22N2O2S/c22-21(23)18-13-17(20-10-4-5-11-20)14-19(15-18)24-12-6-9-16-7-2-1-3-8-16/h1-3,7-8,13-15H,4-6,9-12H2. The number of nitro groups is 1. The molecule has 3 rings (SSSR count). The van der Waals surface area contributed by atoms with Gasteiger partial charge in [0, 0.05) is 35.8 Å². The topological polar surface area (TPSA) is 46.4 Å². The van der Waals surface area contributed by atoms with E-state index in [9.17, 15) is 10.1 Å². The molecule has 1 aliphatic heterocycles. The van der Waals surface area contributed by atoms with Gasteiger partial charge in [-0.25, -0.2) is 0 Å². The van der Waals surface area contributed by atoms with Gasteiger partial charge < -0.3 is 4.90 Å². The maximum atomic E-state index is 11.2. The zero-order valence-electron chi connectivity index (χ0n) is 13.7. The van der Waals surface area contributed by atoms with Gasteiger partial charge in [0.25, 0.3) is 5.69 Å². The second-order valence-corrected chi connectivity index (χ2v) is 7.24. The molecular weight excluding hydrogens is 320 g/mol. The second-order valence-electron chi connectivity index (χ2n) is 6.07. The molecule has 2 aromatic rings. The van der Waals surface area contributed by atoms with Gasteiger partial charge in [0.2, 0.25) is 0 Å². The summed E-state index contributed by atoms with van der Waals surface area (Å²) in [5.74, 6) is 0.968. The molecule has 0 bridgehead atoms. The fourth-order valence-corrected chi connectivity index (χ4v) is 3.96. The van der Waals surface area contributed by atoms with Gasteiger partial charge in [-0.3, -0.25) is 10.1 Å². The highest BCUT2D eigenvalue weighted by molar-refractivity contribution is 7.99. The summed E-state index contributed by atoms with van der Waals surface area (Å²) in [6, 6.07) is 15.9. The number of anilines is 1. The molecule has 126 valence electrons. The van der Waals surface area contributed by atoms with Crippen molar-refractivity contribution < 1.29 is 4.92 Å². The van der Waals surface area contributed by atoms with E-state index in [1.54, 1.807) is 23.9 Å². The zero-order chi connectivity index (χ0) is 16.8. The first-order valence-electron chi connectivity index (χ1n) is 8.43. The molecule has 0 saturated carbocycles. The first-order valence-corrected chi connectivity index (χ1v) is 9.42. The maximum absolute atomic E-state index is 11.2. The van der Waals surface area contributed by atoms with Crippen molar-refractivity contribution >= 4 is 23.1 Å². The predicted octanol–water partition coefficient (Wildman–Crippen LogP) is 4.92. The molecular formula is C19H22N2O2S. The van der Waals surface area contributed by atoms with Crippen LogP contribution in [-0.4, -0.2) is 23.8 Å². The molecule has 0 radical (unpaired) electrons. The van der Waals surface area contributed by atoms with Crippen molar-refractivity contribution in [3.05, 3.63) is 64.2 Å². The van der Waals surface area contributed by atoms with Crippen LogP contribution >= 0.6 is 11.8 Å². The lowest BCUT2D eigenvalue weighted by Gasteiger charge is -2.18. The third kappa shape index (κ3) is 4.51. The average molecular weight is 342 g/mol. The van der Waals surface area contributed by atoms with Crippen molar-refractivity contribution in [2.24, 2.45) is 0 Å². The van der Waals surface area contributed by atoms with Crippen LogP contribution in [0.15, 0.2) is 53.4 Å². The molecule has 1 aliphatic rings. The van der Waals surface area contributed by atoms with Crippen LogP contribution in [-0.2, 0) is 6.42 Å².